The fourth-order valence-corrected chi connectivity index (χ4v) is 2.34. The van der Waals surface area contributed by atoms with Crippen LogP contribution in [-0.2, 0) is 14.3 Å². The third-order valence-corrected chi connectivity index (χ3v) is 3.90. The number of rotatable bonds is 10. The molecule has 31 heavy (non-hydrogen) atoms. The maximum Gasteiger partial charge on any atom is 0.343 e. The molecular formula is C21H23N3O7. The van der Waals surface area contributed by atoms with Crippen molar-refractivity contribution in [2.24, 2.45) is 5.10 Å². The first-order valence-electron chi connectivity index (χ1n) is 9.08. The van der Waals surface area contributed by atoms with E-state index in [1.807, 2.05) is 0 Å². The van der Waals surface area contributed by atoms with Crippen LogP contribution < -0.4 is 25.0 Å². The fourth-order valence-electron chi connectivity index (χ4n) is 2.34. The van der Waals surface area contributed by atoms with Crippen molar-refractivity contribution >= 4 is 24.0 Å². The maximum atomic E-state index is 12.2. The molecule has 0 aromatic heterocycles. The largest absolute Gasteiger partial charge is 0.493 e. The Morgan fingerprint density at radius 1 is 1.00 bits per heavy atom. The highest BCUT2D eigenvalue weighted by Crippen LogP contribution is 2.27. The van der Waals surface area contributed by atoms with Crippen LogP contribution in [0.25, 0.3) is 0 Å². The van der Waals surface area contributed by atoms with Gasteiger partial charge in [-0.1, -0.05) is 12.1 Å². The highest BCUT2D eigenvalue weighted by Gasteiger charge is 2.11. The summed E-state index contributed by atoms with van der Waals surface area (Å²) in [6.45, 7) is -0.486. The molecule has 0 radical (unpaired) electrons. The molecule has 0 bridgehead atoms. The summed E-state index contributed by atoms with van der Waals surface area (Å²) < 4.78 is 20.1. The summed E-state index contributed by atoms with van der Waals surface area (Å²) in [4.78, 5) is 35.2. The van der Waals surface area contributed by atoms with Gasteiger partial charge in [-0.25, -0.2) is 10.2 Å². The average Bonchev–Trinajstić information content (AvgIpc) is 2.80. The first kappa shape index (κ1) is 23.2. The lowest BCUT2D eigenvalue weighted by Crippen LogP contribution is -2.34. The minimum atomic E-state index is -0.511. The number of hydrazone groups is 1. The Hall–Kier alpha value is -4.08. The summed E-state index contributed by atoms with van der Waals surface area (Å²) >= 11 is 0. The number of esters is 1. The fraction of sp³-hybridized carbons (Fsp3) is 0.238. The number of hydrogen-bond donors (Lipinski definition) is 2. The van der Waals surface area contributed by atoms with Gasteiger partial charge in [0, 0.05) is 5.56 Å². The molecule has 10 nitrogen and oxygen atoms in total. The van der Waals surface area contributed by atoms with Crippen LogP contribution in [0.5, 0.6) is 17.2 Å². The Bertz CT molecular complexity index is 960. The van der Waals surface area contributed by atoms with Crippen molar-refractivity contribution in [1.29, 1.82) is 0 Å². The number of carbonyl (C=O) groups excluding carboxylic acids is 3. The van der Waals surface area contributed by atoms with E-state index in [0.29, 0.717) is 28.4 Å². The Morgan fingerprint density at radius 3 is 2.48 bits per heavy atom. The smallest absolute Gasteiger partial charge is 0.343 e. The molecule has 164 valence electrons. The summed E-state index contributed by atoms with van der Waals surface area (Å²) in [5.41, 5.74) is 3.27. The monoisotopic (exact) mass is 429 g/mol. The molecule has 0 atom stereocenters. The standard InChI is InChI=1S/C21H23N3O7/c1-28-17-8-7-15(10-18(17)29-2)21(27)22-12-19(25)24-23-11-14-5-4-6-16(9-14)31-13-20(26)30-3/h4-11H,12-13H2,1-3H3,(H,22,27)(H,24,25)/b23-11+. The van der Waals surface area contributed by atoms with Gasteiger partial charge in [-0.05, 0) is 35.9 Å². The van der Waals surface area contributed by atoms with Crippen LogP contribution in [-0.4, -0.2) is 58.5 Å². The first-order chi connectivity index (χ1) is 15.0. The van der Waals surface area contributed by atoms with E-state index in [9.17, 15) is 14.4 Å². The molecule has 2 amide bonds. The summed E-state index contributed by atoms with van der Waals surface area (Å²) in [5.74, 6) is -0.115. The zero-order valence-corrected chi connectivity index (χ0v) is 17.3. The zero-order chi connectivity index (χ0) is 22.6. The predicted molar refractivity (Wildman–Crippen MR) is 112 cm³/mol. The molecule has 10 heteroatoms. The Balaban J connectivity index is 1.83. The molecule has 2 aromatic rings. The molecule has 0 aliphatic heterocycles. The van der Waals surface area contributed by atoms with Crippen LogP contribution in [0.3, 0.4) is 0 Å². The number of amides is 2. The first-order valence-corrected chi connectivity index (χ1v) is 9.08. The molecule has 2 rings (SSSR count). The van der Waals surface area contributed by atoms with Gasteiger partial charge in [0.25, 0.3) is 11.8 Å². The van der Waals surface area contributed by atoms with E-state index in [-0.39, 0.29) is 13.2 Å². The SMILES string of the molecule is COC(=O)COc1cccc(/C=N/NC(=O)CNC(=O)c2ccc(OC)c(OC)c2)c1. The number of methoxy groups -OCH3 is 3. The van der Waals surface area contributed by atoms with Gasteiger partial charge in [0.05, 0.1) is 34.1 Å². The molecule has 0 aliphatic rings. The van der Waals surface area contributed by atoms with Gasteiger partial charge in [-0.2, -0.15) is 5.10 Å². The lowest BCUT2D eigenvalue weighted by Gasteiger charge is -2.09. The molecule has 0 fully saturated rings. The summed E-state index contributed by atoms with van der Waals surface area (Å²) in [7, 11) is 4.23. The lowest BCUT2D eigenvalue weighted by atomic mass is 10.2. The number of nitrogens with zero attached hydrogens (tertiary/aromatic N) is 1. The van der Waals surface area contributed by atoms with E-state index in [1.54, 1.807) is 36.4 Å². The van der Waals surface area contributed by atoms with Crippen LogP contribution in [0.15, 0.2) is 47.6 Å². The van der Waals surface area contributed by atoms with E-state index in [1.165, 1.54) is 33.6 Å². The van der Waals surface area contributed by atoms with Crippen molar-refractivity contribution in [2.45, 2.75) is 0 Å². The summed E-state index contributed by atoms with van der Waals surface area (Å²) in [6.07, 6.45) is 1.40. The van der Waals surface area contributed by atoms with Gasteiger partial charge in [0.15, 0.2) is 18.1 Å². The maximum absolute atomic E-state index is 12.2. The molecule has 0 spiro atoms. The van der Waals surface area contributed by atoms with Crippen molar-refractivity contribution in [2.75, 3.05) is 34.5 Å². The van der Waals surface area contributed by atoms with Crippen LogP contribution in [0.4, 0.5) is 0 Å². The van der Waals surface area contributed by atoms with Gasteiger partial charge in [-0.15, -0.1) is 0 Å². The highest BCUT2D eigenvalue weighted by atomic mass is 16.6. The number of ether oxygens (including phenoxy) is 4. The quantitative estimate of drug-likeness (QED) is 0.330. The van der Waals surface area contributed by atoms with Crippen LogP contribution in [0.2, 0.25) is 0 Å². The third-order valence-electron chi connectivity index (χ3n) is 3.90. The van der Waals surface area contributed by atoms with E-state index in [0.717, 1.165) is 0 Å². The van der Waals surface area contributed by atoms with Crippen LogP contribution in [0.1, 0.15) is 15.9 Å². The van der Waals surface area contributed by atoms with Crippen molar-refractivity contribution in [1.82, 2.24) is 10.7 Å². The van der Waals surface area contributed by atoms with Crippen LogP contribution in [0, 0.1) is 0 Å². The van der Waals surface area contributed by atoms with Gasteiger partial charge in [-0.3, -0.25) is 9.59 Å². The number of benzene rings is 2. The molecule has 0 aliphatic carbocycles. The Labute approximate surface area is 179 Å². The second kappa shape index (κ2) is 11.8. The number of carbonyl (C=O) groups is 3. The molecule has 0 heterocycles. The predicted octanol–water partition coefficient (Wildman–Crippen LogP) is 1.14. The molecule has 0 unspecified atom stereocenters. The van der Waals surface area contributed by atoms with E-state index in [4.69, 9.17) is 14.2 Å². The topological polar surface area (TPSA) is 125 Å². The van der Waals surface area contributed by atoms with Crippen molar-refractivity contribution in [3.8, 4) is 17.2 Å². The van der Waals surface area contributed by atoms with Gasteiger partial charge < -0.3 is 24.3 Å². The van der Waals surface area contributed by atoms with Gasteiger partial charge in [0.2, 0.25) is 0 Å². The summed E-state index contributed by atoms with van der Waals surface area (Å²) in [5, 5.41) is 6.33. The van der Waals surface area contributed by atoms with E-state index in [2.05, 4.69) is 20.6 Å². The third kappa shape index (κ3) is 7.35. The second-order valence-corrected chi connectivity index (χ2v) is 5.98. The van der Waals surface area contributed by atoms with Crippen molar-refractivity contribution < 1.29 is 33.3 Å². The molecule has 0 saturated heterocycles. The highest BCUT2D eigenvalue weighted by molar-refractivity contribution is 5.97. The van der Waals surface area contributed by atoms with Gasteiger partial charge in [0.1, 0.15) is 5.75 Å². The van der Waals surface area contributed by atoms with E-state index >= 15 is 0 Å². The van der Waals surface area contributed by atoms with Gasteiger partial charge >= 0.3 is 5.97 Å². The van der Waals surface area contributed by atoms with Crippen LogP contribution >= 0.6 is 0 Å². The minimum Gasteiger partial charge on any atom is -0.493 e. The molecule has 2 N–H and O–H groups in total. The lowest BCUT2D eigenvalue weighted by molar-refractivity contribution is -0.142. The number of hydrogen-bond acceptors (Lipinski definition) is 8. The Kier molecular flexibility index (Phi) is 8.84. The van der Waals surface area contributed by atoms with E-state index < -0.39 is 17.8 Å². The zero-order valence-electron chi connectivity index (χ0n) is 17.3. The summed E-state index contributed by atoms with van der Waals surface area (Å²) in [6, 6.07) is 11.4. The minimum absolute atomic E-state index is 0.215. The van der Waals surface area contributed by atoms with Crippen molar-refractivity contribution in [3.05, 3.63) is 53.6 Å². The Morgan fingerprint density at radius 2 is 1.77 bits per heavy atom. The number of nitrogens with one attached hydrogen (secondary N) is 2. The average molecular weight is 429 g/mol. The molecular weight excluding hydrogens is 406 g/mol. The normalized spacial score (nSPS) is 10.3. The van der Waals surface area contributed by atoms with Crippen molar-refractivity contribution in [3.63, 3.8) is 0 Å². The molecule has 0 saturated carbocycles. The second-order valence-electron chi connectivity index (χ2n) is 5.98. The molecule has 2 aromatic carbocycles.